The number of nitriles is 1. The first-order chi connectivity index (χ1) is 12.4. The molecule has 1 aliphatic rings. The van der Waals surface area contributed by atoms with Gasteiger partial charge < -0.3 is 5.32 Å². The molecule has 2 aromatic rings. The maximum atomic E-state index is 12.4. The van der Waals surface area contributed by atoms with Gasteiger partial charge in [-0.1, -0.05) is 6.42 Å². The third-order valence-electron chi connectivity index (χ3n) is 4.61. The lowest BCUT2D eigenvalue weighted by Gasteiger charge is -2.05. The van der Waals surface area contributed by atoms with Gasteiger partial charge in [-0.2, -0.15) is 10.4 Å². The SMILES string of the molecule is Cc1nn(CC(=O)Nc2sc3c(c2C#N)CCCCC3)c(C)c1[N+](=O)[O-]. The van der Waals surface area contributed by atoms with Crippen LogP contribution < -0.4 is 5.32 Å². The number of nitro groups is 1. The summed E-state index contributed by atoms with van der Waals surface area (Å²) in [6.45, 7) is 2.98. The molecule has 1 N–H and O–H groups in total. The summed E-state index contributed by atoms with van der Waals surface area (Å²) in [4.78, 5) is 24.2. The van der Waals surface area contributed by atoms with Gasteiger partial charge in [0, 0.05) is 4.88 Å². The highest BCUT2D eigenvalue weighted by atomic mass is 32.1. The van der Waals surface area contributed by atoms with Crippen LogP contribution in [0.3, 0.4) is 0 Å². The summed E-state index contributed by atoms with van der Waals surface area (Å²) >= 11 is 1.46. The van der Waals surface area contributed by atoms with Gasteiger partial charge in [-0.25, -0.2) is 0 Å². The average Bonchev–Trinajstić information content (AvgIpc) is 2.92. The van der Waals surface area contributed by atoms with Crippen molar-refractivity contribution in [2.24, 2.45) is 0 Å². The van der Waals surface area contributed by atoms with Gasteiger partial charge in [-0.05, 0) is 45.1 Å². The van der Waals surface area contributed by atoms with Crippen molar-refractivity contribution in [2.75, 3.05) is 5.32 Å². The third kappa shape index (κ3) is 3.32. The second-order valence-corrected chi connectivity index (χ2v) is 7.47. The van der Waals surface area contributed by atoms with Crippen LogP contribution in [0.4, 0.5) is 10.7 Å². The molecular weight excluding hydrogens is 354 g/mol. The fourth-order valence-corrected chi connectivity index (χ4v) is 4.61. The lowest BCUT2D eigenvalue weighted by Crippen LogP contribution is -2.20. The van der Waals surface area contributed by atoms with Gasteiger partial charge in [0.1, 0.15) is 29.0 Å². The second-order valence-electron chi connectivity index (χ2n) is 6.36. The molecule has 8 nitrogen and oxygen atoms in total. The van der Waals surface area contributed by atoms with Crippen LogP contribution in [0.2, 0.25) is 0 Å². The fraction of sp³-hybridized carbons (Fsp3) is 0.471. The van der Waals surface area contributed by atoms with Gasteiger partial charge in [0.05, 0.1) is 10.5 Å². The number of fused-ring (bicyclic) bond motifs is 1. The quantitative estimate of drug-likeness (QED) is 0.502. The number of thiophene rings is 1. The molecule has 2 heterocycles. The highest BCUT2D eigenvalue weighted by Gasteiger charge is 2.24. The number of carbonyl (C=O) groups excluding carboxylic acids is 1. The predicted octanol–water partition coefficient (Wildman–Crippen LogP) is 3.25. The lowest BCUT2D eigenvalue weighted by molar-refractivity contribution is -0.386. The molecule has 9 heteroatoms. The van der Waals surface area contributed by atoms with E-state index in [0.717, 1.165) is 37.7 Å². The van der Waals surface area contributed by atoms with Crippen molar-refractivity contribution < 1.29 is 9.72 Å². The molecule has 0 aliphatic heterocycles. The molecule has 3 rings (SSSR count). The standard InChI is InChI=1S/C17H19N5O3S/c1-10-16(22(24)25)11(2)21(20-10)9-15(23)19-17-13(8-18)12-6-4-3-5-7-14(12)26-17/h3-7,9H2,1-2H3,(H,19,23). The van der Waals surface area contributed by atoms with Crippen molar-refractivity contribution in [2.45, 2.75) is 52.5 Å². The van der Waals surface area contributed by atoms with E-state index >= 15 is 0 Å². The van der Waals surface area contributed by atoms with E-state index in [9.17, 15) is 20.2 Å². The molecule has 136 valence electrons. The first kappa shape index (κ1) is 18.1. The van der Waals surface area contributed by atoms with Crippen molar-refractivity contribution in [3.8, 4) is 6.07 Å². The molecule has 1 aliphatic carbocycles. The van der Waals surface area contributed by atoms with Crippen molar-refractivity contribution >= 4 is 27.9 Å². The van der Waals surface area contributed by atoms with Crippen molar-refractivity contribution in [3.63, 3.8) is 0 Å². The first-order valence-corrected chi connectivity index (χ1v) is 9.27. The summed E-state index contributed by atoms with van der Waals surface area (Å²) < 4.78 is 1.33. The maximum Gasteiger partial charge on any atom is 0.312 e. The van der Waals surface area contributed by atoms with Crippen molar-refractivity contribution in [3.05, 3.63) is 37.5 Å². The Kier molecular flexibility index (Phi) is 5.04. The Balaban J connectivity index is 1.80. The first-order valence-electron chi connectivity index (χ1n) is 8.45. The van der Waals surface area contributed by atoms with Crippen molar-refractivity contribution in [1.82, 2.24) is 9.78 Å². The highest BCUT2D eigenvalue weighted by molar-refractivity contribution is 7.16. The Morgan fingerprint density at radius 3 is 2.77 bits per heavy atom. The Morgan fingerprint density at radius 2 is 2.12 bits per heavy atom. The molecular formula is C17H19N5O3S. The van der Waals surface area contributed by atoms with Crippen LogP contribution in [-0.4, -0.2) is 20.6 Å². The minimum atomic E-state index is -0.490. The Labute approximate surface area is 154 Å². The van der Waals surface area contributed by atoms with E-state index < -0.39 is 4.92 Å². The molecule has 0 saturated heterocycles. The number of nitrogens with zero attached hydrogens (tertiary/aromatic N) is 4. The molecule has 26 heavy (non-hydrogen) atoms. The van der Waals surface area contributed by atoms with Gasteiger partial charge >= 0.3 is 5.69 Å². The topological polar surface area (TPSA) is 114 Å². The Hall–Kier alpha value is -2.73. The molecule has 0 bridgehead atoms. The van der Waals surface area contributed by atoms with Crippen LogP contribution in [0.5, 0.6) is 0 Å². The van der Waals surface area contributed by atoms with Crippen LogP contribution >= 0.6 is 11.3 Å². The number of hydrogen-bond acceptors (Lipinski definition) is 6. The number of carbonyl (C=O) groups is 1. The van der Waals surface area contributed by atoms with E-state index in [0.29, 0.717) is 16.3 Å². The Bertz CT molecular complexity index is 922. The maximum absolute atomic E-state index is 12.4. The van der Waals surface area contributed by atoms with Crippen LogP contribution in [0.25, 0.3) is 0 Å². The normalized spacial score (nSPS) is 13.6. The van der Waals surface area contributed by atoms with E-state index in [2.05, 4.69) is 16.5 Å². The van der Waals surface area contributed by atoms with Crippen LogP contribution in [-0.2, 0) is 24.2 Å². The molecule has 0 radical (unpaired) electrons. The number of anilines is 1. The zero-order chi connectivity index (χ0) is 18.8. The molecule has 1 amide bonds. The molecule has 0 unspecified atom stereocenters. The summed E-state index contributed by atoms with van der Waals surface area (Å²) in [5.41, 5.74) is 2.16. The largest absolute Gasteiger partial charge is 0.315 e. The number of rotatable bonds is 4. The minimum Gasteiger partial charge on any atom is -0.315 e. The van der Waals surface area contributed by atoms with E-state index in [-0.39, 0.29) is 23.8 Å². The number of aromatic nitrogens is 2. The molecule has 0 saturated carbocycles. The highest BCUT2D eigenvalue weighted by Crippen LogP contribution is 2.37. The van der Waals surface area contributed by atoms with E-state index in [1.54, 1.807) is 13.8 Å². The van der Waals surface area contributed by atoms with Crippen LogP contribution in [0.15, 0.2) is 0 Å². The van der Waals surface area contributed by atoms with E-state index in [1.165, 1.54) is 20.9 Å². The van der Waals surface area contributed by atoms with Gasteiger partial charge in [0.15, 0.2) is 0 Å². The fourth-order valence-electron chi connectivity index (χ4n) is 3.36. The van der Waals surface area contributed by atoms with Crippen molar-refractivity contribution in [1.29, 1.82) is 5.26 Å². The van der Waals surface area contributed by atoms with Crippen LogP contribution in [0.1, 0.15) is 46.7 Å². The third-order valence-corrected chi connectivity index (χ3v) is 5.81. The molecule has 2 aromatic heterocycles. The molecule has 0 spiro atoms. The molecule has 0 aromatic carbocycles. The number of aryl methyl sites for hydroxylation is 2. The minimum absolute atomic E-state index is 0.0710. The van der Waals surface area contributed by atoms with E-state index in [4.69, 9.17) is 0 Å². The monoisotopic (exact) mass is 373 g/mol. The second kappa shape index (κ2) is 7.25. The van der Waals surface area contributed by atoms with Gasteiger partial charge in [-0.3, -0.25) is 19.6 Å². The Morgan fingerprint density at radius 1 is 1.38 bits per heavy atom. The summed E-state index contributed by atoms with van der Waals surface area (Å²) in [7, 11) is 0. The van der Waals surface area contributed by atoms with Crippen LogP contribution in [0, 0.1) is 35.3 Å². The zero-order valence-corrected chi connectivity index (χ0v) is 15.5. The van der Waals surface area contributed by atoms with Gasteiger partial charge in [-0.15, -0.1) is 11.3 Å². The van der Waals surface area contributed by atoms with E-state index in [1.807, 2.05) is 0 Å². The summed E-state index contributed by atoms with van der Waals surface area (Å²) in [6.07, 6.45) is 5.12. The summed E-state index contributed by atoms with van der Waals surface area (Å²) in [5.74, 6) is -0.349. The predicted molar refractivity (Wildman–Crippen MR) is 97.3 cm³/mol. The summed E-state index contributed by atoms with van der Waals surface area (Å²) in [5, 5.41) is 28.0. The summed E-state index contributed by atoms with van der Waals surface area (Å²) in [6, 6.07) is 2.22. The molecule has 0 atom stereocenters. The molecule has 0 fully saturated rings. The number of nitrogens with one attached hydrogen (secondary N) is 1. The number of hydrogen-bond donors (Lipinski definition) is 1. The van der Waals surface area contributed by atoms with Gasteiger partial charge in [0.2, 0.25) is 5.91 Å². The number of amides is 1. The van der Waals surface area contributed by atoms with Gasteiger partial charge in [0.25, 0.3) is 0 Å². The average molecular weight is 373 g/mol. The smallest absolute Gasteiger partial charge is 0.312 e. The zero-order valence-electron chi connectivity index (χ0n) is 14.7. The lowest BCUT2D eigenvalue weighted by atomic mass is 10.1.